The highest BCUT2D eigenvalue weighted by molar-refractivity contribution is 6.05. The van der Waals surface area contributed by atoms with Gasteiger partial charge in [-0.25, -0.2) is 10.4 Å². The monoisotopic (exact) mass is 338 g/mol. The number of hydrogen-bond donors (Lipinski definition) is 2. The van der Waals surface area contributed by atoms with E-state index in [2.05, 4.69) is 20.8 Å². The fraction of sp³-hybridized carbons (Fsp3) is 0.263. The molecule has 25 heavy (non-hydrogen) atoms. The molecule has 0 aliphatic heterocycles. The van der Waals surface area contributed by atoms with Crippen LogP contribution >= 0.6 is 0 Å². The largest absolute Gasteiger partial charge is 0.310 e. The van der Waals surface area contributed by atoms with Crippen molar-refractivity contribution in [2.24, 2.45) is 5.10 Å². The molecule has 2 N–H and O–H groups in total. The zero-order chi connectivity index (χ0) is 18.1. The quantitative estimate of drug-likeness (QED) is 0.601. The van der Waals surface area contributed by atoms with Crippen molar-refractivity contribution >= 4 is 23.3 Å². The Kier molecular flexibility index (Phi) is 6.83. The van der Waals surface area contributed by atoms with E-state index in [9.17, 15) is 9.59 Å². The summed E-state index contributed by atoms with van der Waals surface area (Å²) in [5.41, 5.74) is 4.94. The first-order chi connectivity index (χ1) is 12.0. The lowest BCUT2D eigenvalue weighted by atomic mass is 10.1. The average Bonchev–Trinajstić information content (AvgIpc) is 2.59. The van der Waals surface area contributed by atoms with Gasteiger partial charge in [-0.2, -0.15) is 5.10 Å². The van der Waals surface area contributed by atoms with Gasteiger partial charge in [0.15, 0.2) is 0 Å². The average molecular weight is 338 g/mol. The summed E-state index contributed by atoms with van der Waals surface area (Å²) in [6.45, 7) is 3.55. The van der Waals surface area contributed by atoms with Gasteiger partial charge < -0.3 is 5.32 Å². The number of hydrogen-bond acceptors (Lipinski definition) is 4. The Balaban J connectivity index is 1.74. The molecule has 0 bridgehead atoms. The predicted octanol–water partition coefficient (Wildman–Crippen LogP) is 2.84. The number of carbonyl (C=O) groups excluding carboxylic acids is 2. The van der Waals surface area contributed by atoms with Crippen LogP contribution in [0.2, 0.25) is 0 Å². The Morgan fingerprint density at radius 2 is 1.80 bits per heavy atom. The predicted molar refractivity (Wildman–Crippen MR) is 98.2 cm³/mol. The van der Waals surface area contributed by atoms with Crippen molar-refractivity contribution < 1.29 is 9.59 Å². The molecule has 2 aromatic rings. The molecule has 0 aliphatic rings. The molecule has 6 nitrogen and oxygen atoms in total. The molecule has 1 aromatic carbocycles. The summed E-state index contributed by atoms with van der Waals surface area (Å²) in [6.07, 6.45) is 1.09. The second-order valence-electron chi connectivity index (χ2n) is 5.76. The summed E-state index contributed by atoms with van der Waals surface area (Å²) in [5, 5.41) is 6.68. The van der Waals surface area contributed by atoms with E-state index >= 15 is 0 Å². The lowest BCUT2D eigenvalue weighted by Gasteiger charge is -2.05. The number of amides is 2. The second-order valence-corrected chi connectivity index (χ2v) is 5.76. The van der Waals surface area contributed by atoms with Gasteiger partial charge in [-0.1, -0.05) is 36.4 Å². The highest BCUT2D eigenvalue weighted by atomic mass is 16.2. The molecule has 1 aromatic heterocycles. The van der Waals surface area contributed by atoms with Crippen LogP contribution in [-0.4, -0.2) is 22.5 Å². The van der Waals surface area contributed by atoms with Gasteiger partial charge in [-0.3, -0.25) is 9.59 Å². The Labute approximate surface area is 147 Å². The van der Waals surface area contributed by atoms with E-state index in [0.29, 0.717) is 24.4 Å². The zero-order valence-corrected chi connectivity index (χ0v) is 14.5. The molecule has 0 radical (unpaired) electrons. The standard InChI is InChI=1S/C19H22N4O2/c1-14-7-6-10-17(20-14)21-19(25)13-15(2)22-23-18(24)12-11-16-8-4-3-5-9-16/h3-10H,11-13H2,1-2H3,(H,23,24)(H,20,21,25)/b22-15+. The SMILES string of the molecule is C/C(CC(=O)Nc1cccc(C)n1)=N\NC(=O)CCc1ccccc1. The topological polar surface area (TPSA) is 83.4 Å². The van der Waals surface area contributed by atoms with Crippen molar-refractivity contribution in [3.8, 4) is 0 Å². The minimum atomic E-state index is -0.224. The maximum atomic E-state index is 11.9. The van der Waals surface area contributed by atoms with Gasteiger partial charge in [0.25, 0.3) is 0 Å². The van der Waals surface area contributed by atoms with Gasteiger partial charge in [0.2, 0.25) is 11.8 Å². The number of anilines is 1. The van der Waals surface area contributed by atoms with E-state index in [4.69, 9.17) is 0 Å². The zero-order valence-electron chi connectivity index (χ0n) is 14.5. The molecule has 2 amide bonds. The molecule has 6 heteroatoms. The van der Waals surface area contributed by atoms with Crippen molar-refractivity contribution in [2.45, 2.75) is 33.1 Å². The minimum absolute atomic E-state index is 0.0919. The number of hydrazone groups is 1. The lowest BCUT2D eigenvalue weighted by molar-refractivity contribution is -0.121. The summed E-state index contributed by atoms with van der Waals surface area (Å²) in [7, 11) is 0. The molecule has 0 atom stereocenters. The van der Waals surface area contributed by atoms with E-state index in [1.165, 1.54) is 0 Å². The van der Waals surface area contributed by atoms with Crippen LogP contribution in [0.1, 0.15) is 31.0 Å². The van der Waals surface area contributed by atoms with Crippen LogP contribution in [0.15, 0.2) is 53.6 Å². The molecule has 0 saturated carbocycles. The van der Waals surface area contributed by atoms with Gasteiger partial charge in [-0.05, 0) is 38.0 Å². The van der Waals surface area contributed by atoms with Crippen LogP contribution in [0.5, 0.6) is 0 Å². The number of nitrogens with one attached hydrogen (secondary N) is 2. The Hall–Kier alpha value is -3.02. The van der Waals surface area contributed by atoms with Crippen LogP contribution < -0.4 is 10.7 Å². The molecule has 0 spiro atoms. The summed E-state index contributed by atoms with van der Waals surface area (Å²) in [4.78, 5) is 28.0. The highest BCUT2D eigenvalue weighted by Gasteiger charge is 2.07. The summed E-state index contributed by atoms with van der Waals surface area (Å²) in [5.74, 6) is 0.103. The second kappa shape index (κ2) is 9.32. The summed E-state index contributed by atoms with van der Waals surface area (Å²) >= 11 is 0. The maximum Gasteiger partial charge on any atom is 0.240 e. The third kappa shape index (κ3) is 6.95. The smallest absolute Gasteiger partial charge is 0.240 e. The van der Waals surface area contributed by atoms with Crippen molar-refractivity contribution in [1.29, 1.82) is 0 Å². The van der Waals surface area contributed by atoms with Crippen LogP contribution in [0.4, 0.5) is 5.82 Å². The first-order valence-corrected chi connectivity index (χ1v) is 8.12. The summed E-state index contributed by atoms with van der Waals surface area (Å²) < 4.78 is 0. The number of carbonyl (C=O) groups is 2. The van der Waals surface area contributed by atoms with Crippen LogP contribution in [0.25, 0.3) is 0 Å². The highest BCUT2D eigenvalue weighted by Crippen LogP contribution is 2.05. The van der Waals surface area contributed by atoms with Crippen molar-refractivity contribution in [2.75, 3.05) is 5.32 Å². The van der Waals surface area contributed by atoms with Crippen LogP contribution in [-0.2, 0) is 16.0 Å². The van der Waals surface area contributed by atoms with Crippen LogP contribution in [0.3, 0.4) is 0 Å². The van der Waals surface area contributed by atoms with E-state index in [1.54, 1.807) is 13.0 Å². The number of aromatic nitrogens is 1. The van der Waals surface area contributed by atoms with E-state index in [1.807, 2.05) is 49.4 Å². The molecule has 0 fully saturated rings. The number of aryl methyl sites for hydroxylation is 2. The molecule has 0 saturated heterocycles. The minimum Gasteiger partial charge on any atom is -0.310 e. The number of rotatable bonds is 7. The van der Waals surface area contributed by atoms with Crippen LogP contribution in [0, 0.1) is 6.92 Å². The van der Waals surface area contributed by atoms with Crippen molar-refractivity contribution in [3.63, 3.8) is 0 Å². The Bertz CT molecular complexity index is 757. The molecule has 0 aliphatic carbocycles. The van der Waals surface area contributed by atoms with Crippen molar-refractivity contribution in [3.05, 3.63) is 59.8 Å². The molecular weight excluding hydrogens is 316 g/mol. The first-order valence-electron chi connectivity index (χ1n) is 8.12. The fourth-order valence-corrected chi connectivity index (χ4v) is 2.19. The van der Waals surface area contributed by atoms with Gasteiger partial charge in [0.1, 0.15) is 5.82 Å². The molecule has 0 unspecified atom stereocenters. The molecular formula is C19H22N4O2. The van der Waals surface area contributed by atoms with Gasteiger partial charge >= 0.3 is 0 Å². The summed E-state index contributed by atoms with van der Waals surface area (Å²) in [6, 6.07) is 15.2. The maximum absolute atomic E-state index is 11.9. The fourth-order valence-electron chi connectivity index (χ4n) is 2.19. The van der Waals surface area contributed by atoms with E-state index < -0.39 is 0 Å². The van der Waals surface area contributed by atoms with Gasteiger partial charge in [0, 0.05) is 17.8 Å². The third-order valence-electron chi connectivity index (χ3n) is 3.43. The third-order valence-corrected chi connectivity index (χ3v) is 3.43. The molecule has 2 rings (SSSR count). The molecule has 1 heterocycles. The Morgan fingerprint density at radius 1 is 1.04 bits per heavy atom. The Morgan fingerprint density at radius 3 is 2.52 bits per heavy atom. The van der Waals surface area contributed by atoms with Crippen molar-refractivity contribution in [1.82, 2.24) is 10.4 Å². The number of nitrogens with zero attached hydrogens (tertiary/aromatic N) is 2. The lowest BCUT2D eigenvalue weighted by Crippen LogP contribution is -2.22. The normalized spacial score (nSPS) is 11.0. The van der Waals surface area contributed by atoms with Gasteiger partial charge in [0.05, 0.1) is 6.42 Å². The number of pyridine rings is 1. The van der Waals surface area contributed by atoms with E-state index in [0.717, 1.165) is 11.3 Å². The first kappa shape index (κ1) is 18.3. The molecule has 130 valence electrons. The van der Waals surface area contributed by atoms with E-state index in [-0.39, 0.29) is 18.2 Å². The van der Waals surface area contributed by atoms with Gasteiger partial charge in [-0.15, -0.1) is 0 Å². The number of benzene rings is 1.